The maximum atomic E-state index is 14.5. The van der Waals surface area contributed by atoms with E-state index in [-0.39, 0.29) is 37.3 Å². The zero-order chi connectivity index (χ0) is 21.7. The smallest absolute Gasteiger partial charge is 0.137 e. The average molecular weight is 418 g/mol. The number of aromatic nitrogens is 3. The topological polar surface area (TPSA) is 54.2 Å². The van der Waals surface area contributed by atoms with Crippen LogP contribution in [0.2, 0.25) is 0 Å². The van der Waals surface area contributed by atoms with Gasteiger partial charge in [0.15, 0.2) is 0 Å². The van der Waals surface area contributed by atoms with Crippen molar-refractivity contribution < 1.29 is 22.7 Å². The molecule has 0 radical (unpaired) electrons. The minimum absolute atomic E-state index is 0.0146. The highest BCUT2D eigenvalue weighted by Gasteiger charge is 2.35. The van der Waals surface area contributed by atoms with Gasteiger partial charge in [0.1, 0.15) is 41.5 Å². The summed E-state index contributed by atoms with van der Waals surface area (Å²) >= 11 is 0. The van der Waals surface area contributed by atoms with Crippen LogP contribution in [0.25, 0.3) is 0 Å². The van der Waals surface area contributed by atoms with Gasteiger partial charge in [0.25, 0.3) is 0 Å². The fraction of sp³-hybridized carbons (Fsp3) is 0.238. The van der Waals surface area contributed by atoms with Gasteiger partial charge >= 0.3 is 0 Å². The zero-order valence-electron chi connectivity index (χ0n) is 15.8. The Morgan fingerprint density at radius 1 is 1.07 bits per heavy atom. The van der Waals surface area contributed by atoms with E-state index >= 15 is 0 Å². The summed E-state index contributed by atoms with van der Waals surface area (Å²) in [6.45, 7) is -0.545. The Kier molecular flexibility index (Phi) is 6.50. The normalized spacial score (nSPS) is 13.2. The molecule has 0 saturated carbocycles. The Hall–Kier alpha value is -3.22. The second-order valence-corrected chi connectivity index (χ2v) is 6.83. The summed E-state index contributed by atoms with van der Waals surface area (Å²) in [5.74, 6) is -0.845. The molecule has 0 spiro atoms. The largest absolute Gasteiger partial charge is 0.382 e. The highest BCUT2D eigenvalue weighted by Crippen LogP contribution is 2.28. The van der Waals surface area contributed by atoms with Crippen LogP contribution >= 0.6 is 0 Å². The van der Waals surface area contributed by atoms with Gasteiger partial charge in [0.2, 0.25) is 0 Å². The molecule has 0 fully saturated rings. The molecule has 0 aliphatic carbocycles. The fourth-order valence-corrected chi connectivity index (χ4v) is 3.23. The Labute approximate surface area is 170 Å². The first-order valence-corrected chi connectivity index (χ1v) is 8.91. The number of hydrogen-bond acceptors (Lipinski definition) is 4. The van der Waals surface area contributed by atoms with Gasteiger partial charge in [0, 0.05) is 36.3 Å². The summed E-state index contributed by atoms with van der Waals surface area (Å²) in [6.07, 6.45) is 7.99. The molecule has 3 aromatic rings. The third kappa shape index (κ3) is 5.03. The van der Waals surface area contributed by atoms with Crippen LogP contribution in [0.4, 0.5) is 17.6 Å². The molecule has 0 aliphatic heterocycles. The lowest BCUT2D eigenvalue weighted by molar-refractivity contribution is -0.0207. The summed E-state index contributed by atoms with van der Waals surface area (Å²) in [5, 5.41) is 15.3. The van der Waals surface area contributed by atoms with Gasteiger partial charge in [-0.2, -0.15) is 5.10 Å². The molecule has 2 aromatic carbocycles. The monoisotopic (exact) mass is 418 g/mol. The Balaban J connectivity index is 1.95. The van der Waals surface area contributed by atoms with E-state index in [1.54, 1.807) is 0 Å². The molecule has 1 heterocycles. The van der Waals surface area contributed by atoms with Crippen molar-refractivity contribution >= 4 is 0 Å². The second-order valence-electron chi connectivity index (χ2n) is 6.83. The van der Waals surface area contributed by atoms with E-state index < -0.39 is 28.9 Å². The molecule has 0 amide bonds. The van der Waals surface area contributed by atoms with Gasteiger partial charge in [-0.05, 0) is 12.1 Å². The maximum absolute atomic E-state index is 14.5. The van der Waals surface area contributed by atoms with Crippen molar-refractivity contribution in [3.63, 3.8) is 0 Å². The summed E-state index contributed by atoms with van der Waals surface area (Å²) < 4.78 is 56.5. The van der Waals surface area contributed by atoms with Gasteiger partial charge in [0.05, 0.1) is 13.1 Å². The van der Waals surface area contributed by atoms with E-state index in [4.69, 9.17) is 6.42 Å². The summed E-state index contributed by atoms with van der Waals surface area (Å²) in [4.78, 5) is 5.29. The predicted molar refractivity (Wildman–Crippen MR) is 101 cm³/mol. The Morgan fingerprint density at radius 3 is 2.37 bits per heavy atom. The first-order chi connectivity index (χ1) is 14.3. The molecule has 9 heteroatoms. The number of nitrogens with zero attached hydrogens (tertiary/aromatic N) is 4. The molecule has 0 bridgehead atoms. The van der Waals surface area contributed by atoms with Gasteiger partial charge < -0.3 is 5.11 Å². The van der Waals surface area contributed by atoms with E-state index in [1.165, 1.54) is 28.3 Å². The molecule has 156 valence electrons. The fourth-order valence-electron chi connectivity index (χ4n) is 3.23. The van der Waals surface area contributed by atoms with Crippen molar-refractivity contribution in [2.75, 3.05) is 13.1 Å². The maximum Gasteiger partial charge on any atom is 0.137 e. The van der Waals surface area contributed by atoms with Crippen LogP contribution in [0.5, 0.6) is 0 Å². The molecule has 30 heavy (non-hydrogen) atoms. The first kappa shape index (κ1) is 21.5. The predicted octanol–water partition coefficient (Wildman–Crippen LogP) is 2.86. The lowest BCUT2D eigenvalue weighted by atomic mass is 9.92. The lowest BCUT2D eigenvalue weighted by Gasteiger charge is -2.34. The van der Waals surface area contributed by atoms with Crippen LogP contribution in [0.1, 0.15) is 11.1 Å². The van der Waals surface area contributed by atoms with Crippen molar-refractivity contribution in [3.8, 4) is 12.3 Å². The molecule has 3 rings (SSSR count). The number of halogens is 4. The summed E-state index contributed by atoms with van der Waals surface area (Å²) in [5.41, 5.74) is -1.94. The third-order valence-electron chi connectivity index (χ3n) is 4.53. The van der Waals surface area contributed by atoms with Crippen LogP contribution in [0.15, 0.2) is 49.1 Å². The van der Waals surface area contributed by atoms with E-state index in [0.29, 0.717) is 6.07 Å². The Morgan fingerprint density at radius 2 is 1.77 bits per heavy atom. The minimum atomic E-state index is -1.90. The summed E-state index contributed by atoms with van der Waals surface area (Å²) in [7, 11) is 0. The summed E-state index contributed by atoms with van der Waals surface area (Å²) in [6, 6.07) is 5.93. The quantitative estimate of drug-likeness (QED) is 0.452. The van der Waals surface area contributed by atoms with E-state index in [9.17, 15) is 22.7 Å². The second kappa shape index (κ2) is 9.07. The SMILES string of the molecule is C#CCN(Cc1ccc(F)cc1F)CC(O)(Cn1cncn1)c1ccc(F)cc1F. The van der Waals surface area contributed by atoms with Gasteiger partial charge in [-0.25, -0.2) is 27.2 Å². The van der Waals surface area contributed by atoms with Crippen molar-refractivity contribution in [1.29, 1.82) is 0 Å². The number of aliphatic hydroxyl groups is 1. The van der Waals surface area contributed by atoms with Gasteiger partial charge in [-0.15, -0.1) is 6.42 Å². The van der Waals surface area contributed by atoms with Crippen LogP contribution in [-0.4, -0.2) is 37.9 Å². The van der Waals surface area contributed by atoms with Crippen molar-refractivity contribution in [2.45, 2.75) is 18.7 Å². The molecule has 0 saturated heterocycles. The molecule has 1 aromatic heterocycles. The standard InChI is InChI=1S/C21H18F4N4O/c1-2-7-28(10-15-3-4-16(22)8-19(15)24)11-21(30,12-29-14-26-13-27-29)18-6-5-17(23)9-20(18)25/h1,3-6,8-9,13-14,30H,7,10-12H2. The van der Waals surface area contributed by atoms with E-state index in [0.717, 1.165) is 24.3 Å². The molecule has 1 N–H and O–H groups in total. The minimum Gasteiger partial charge on any atom is -0.382 e. The molecular weight excluding hydrogens is 400 g/mol. The lowest BCUT2D eigenvalue weighted by Crippen LogP contribution is -2.44. The number of terminal acetylenes is 1. The van der Waals surface area contributed by atoms with Crippen LogP contribution in [0.3, 0.4) is 0 Å². The van der Waals surface area contributed by atoms with Gasteiger partial charge in [-0.1, -0.05) is 18.1 Å². The van der Waals surface area contributed by atoms with E-state index in [1.807, 2.05) is 0 Å². The molecule has 5 nitrogen and oxygen atoms in total. The third-order valence-corrected chi connectivity index (χ3v) is 4.53. The van der Waals surface area contributed by atoms with Crippen LogP contribution in [-0.2, 0) is 18.7 Å². The van der Waals surface area contributed by atoms with E-state index in [2.05, 4.69) is 16.0 Å². The van der Waals surface area contributed by atoms with Crippen LogP contribution < -0.4 is 0 Å². The van der Waals surface area contributed by atoms with Crippen molar-refractivity contribution in [1.82, 2.24) is 19.7 Å². The molecule has 1 atom stereocenters. The molecule has 1 unspecified atom stereocenters. The highest BCUT2D eigenvalue weighted by atomic mass is 19.1. The molecular formula is C21H18F4N4O. The number of benzene rings is 2. The highest BCUT2D eigenvalue weighted by molar-refractivity contribution is 5.26. The average Bonchev–Trinajstić information content (AvgIpc) is 3.16. The zero-order valence-corrected chi connectivity index (χ0v) is 15.8. The number of hydrogen-bond donors (Lipinski definition) is 1. The van der Waals surface area contributed by atoms with Crippen LogP contribution in [0, 0.1) is 35.6 Å². The van der Waals surface area contributed by atoms with Crippen molar-refractivity contribution in [2.24, 2.45) is 0 Å². The Bertz CT molecular complexity index is 1050. The first-order valence-electron chi connectivity index (χ1n) is 8.91. The number of rotatable bonds is 8. The molecule has 0 aliphatic rings. The van der Waals surface area contributed by atoms with Crippen molar-refractivity contribution in [3.05, 3.63) is 83.4 Å². The van der Waals surface area contributed by atoms with Gasteiger partial charge in [-0.3, -0.25) is 4.90 Å².